The van der Waals surface area contributed by atoms with Crippen LogP contribution in [0.25, 0.3) is 0 Å². The molecule has 0 N–H and O–H groups in total. The summed E-state index contributed by atoms with van der Waals surface area (Å²) in [5, 5.41) is 8.98. The highest BCUT2D eigenvalue weighted by Gasteiger charge is 2.38. The number of nitrogens with zero attached hydrogens (tertiary/aromatic N) is 4. The second-order valence-corrected chi connectivity index (χ2v) is 8.18. The fraction of sp³-hybridized carbons (Fsp3) is 0.421. The molecule has 2 aliphatic rings. The molecule has 5 nitrogen and oxygen atoms in total. The van der Waals surface area contributed by atoms with Crippen LogP contribution in [-0.4, -0.2) is 33.3 Å². The van der Waals surface area contributed by atoms with Crippen molar-refractivity contribution >= 4 is 23.2 Å². The highest BCUT2D eigenvalue weighted by atomic mass is 32.2. The number of carbonyl (C=O) groups excluding carboxylic acids is 1. The number of carbonyl (C=O) groups is 1. The minimum atomic E-state index is -0.167. The monoisotopic (exact) mass is 354 g/mol. The zero-order chi connectivity index (χ0) is 17.6. The van der Waals surface area contributed by atoms with Crippen LogP contribution >= 0.6 is 11.8 Å². The lowest BCUT2D eigenvalue weighted by atomic mass is 9.83. The Morgan fingerprint density at radius 3 is 2.84 bits per heavy atom. The Morgan fingerprint density at radius 1 is 1.36 bits per heavy atom. The molecule has 1 aliphatic heterocycles. The van der Waals surface area contributed by atoms with E-state index < -0.39 is 0 Å². The smallest absolute Gasteiger partial charge is 0.191 e. The zero-order valence-corrected chi connectivity index (χ0v) is 15.6. The number of aromatic nitrogens is 3. The maximum atomic E-state index is 12.6. The molecule has 1 saturated carbocycles. The Kier molecular flexibility index (Phi) is 3.95. The van der Waals surface area contributed by atoms with Gasteiger partial charge in [0, 0.05) is 36.0 Å². The van der Waals surface area contributed by atoms with Crippen molar-refractivity contribution in [2.75, 3.05) is 17.7 Å². The predicted molar refractivity (Wildman–Crippen MR) is 100.0 cm³/mol. The Labute approximate surface area is 152 Å². The highest BCUT2D eigenvalue weighted by Crippen LogP contribution is 2.46. The molecule has 1 fully saturated rings. The van der Waals surface area contributed by atoms with Gasteiger partial charge in [-0.05, 0) is 24.5 Å². The molecule has 6 heteroatoms. The van der Waals surface area contributed by atoms with Crippen LogP contribution in [0.4, 0.5) is 5.69 Å². The number of hydrogen-bond acceptors (Lipinski definition) is 5. The SMILES string of the molecule is CN1/C(=C\C(=O)CSc2nncn2C2CC2)C(C)(C)c2ccccc21. The van der Waals surface area contributed by atoms with Gasteiger partial charge >= 0.3 is 0 Å². The Morgan fingerprint density at radius 2 is 2.12 bits per heavy atom. The molecular formula is C19H22N4OS. The third-order valence-corrected chi connectivity index (χ3v) is 6.04. The molecule has 25 heavy (non-hydrogen) atoms. The minimum absolute atomic E-state index is 0.109. The number of fused-ring (bicyclic) bond motifs is 1. The van der Waals surface area contributed by atoms with Gasteiger partial charge in [-0.2, -0.15) is 0 Å². The summed E-state index contributed by atoms with van der Waals surface area (Å²) in [5.41, 5.74) is 3.31. The lowest BCUT2D eigenvalue weighted by molar-refractivity contribution is -0.112. The van der Waals surface area contributed by atoms with Gasteiger partial charge in [-0.3, -0.25) is 4.79 Å². The van der Waals surface area contributed by atoms with Crippen molar-refractivity contribution in [2.45, 2.75) is 43.3 Å². The topological polar surface area (TPSA) is 51.0 Å². The van der Waals surface area contributed by atoms with Crippen molar-refractivity contribution in [3.05, 3.63) is 47.9 Å². The minimum Gasteiger partial charge on any atom is -0.347 e. The summed E-state index contributed by atoms with van der Waals surface area (Å²) >= 11 is 1.48. The van der Waals surface area contributed by atoms with Crippen LogP contribution in [0.2, 0.25) is 0 Å². The summed E-state index contributed by atoms with van der Waals surface area (Å²) < 4.78 is 2.09. The van der Waals surface area contributed by atoms with Gasteiger partial charge in [0.1, 0.15) is 6.33 Å². The first-order valence-electron chi connectivity index (χ1n) is 8.59. The number of likely N-dealkylation sites (N-methyl/N-ethyl adjacent to an activating group) is 1. The summed E-state index contributed by atoms with van der Waals surface area (Å²) in [4.78, 5) is 14.7. The number of rotatable bonds is 5. The molecule has 0 atom stereocenters. The molecular weight excluding hydrogens is 332 g/mol. The van der Waals surface area contributed by atoms with Gasteiger partial charge in [-0.15, -0.1) is 10.2 Å². The zero-order valence-electron chi connectivity index (χ0n) is 14.8. The van der Waals surface area contributed by atoms with Crippen molar-refractivity contribution < 1.29 is 4.79 Å². The molecule has 0 radical (unpaired) electrons. The number of allylic oxidation sites excluding steroid dienone is 2. The third-order valence-electron chi connectivity index (χ3n) is 5.06. The normalized spacial score (nSPS) is 20.1. The van der Waals surface area contributed by atoms with E-state index >= 15 is 0 Å². The fourth-order valence-corrected chi connectivity index (χ4v) is 4.33. The number of ketones is 1. The number of benzene rings is 1. The van der Waals surface area contributed by atoms with Crippen LogP contribution in [-0.2, 0) is 10.2 Å². The van der Waals surface area contributed by atoms with Gasteiger partial charge in [0.2, 0.25) is 0 Å². The van der Waals surface area contributed by atoms with Crippen molar-refractivity contribution in [1.82, 2.24) is 14.8 Å². The highest BCUT2D eigenvalue weighted by molar-refractivity contribution is 7.99. The molecule has 2 heterocycles. The van der Waals surface area contributed by atoms with E-state index in [9.17, 15) is 4.79 Å². The molecule has 0 saturated heterocycles. The Balaban J connectivity index is 1.50. The van der Waals surface area contributed by atoms with Crippen molar-refractivity contribution in [2.24, 2.45) is 0 Å². The van der Waals surface area contributed by atoms with E-state index in [1.807, 2.05) is 13.1 Å². The summed E-state index contributed by atoms with van der Waals surface area (Å²) in [5.74, 6) is 0.493. The molecule has 130 valence electrons. The summed E-state index contributed by atoms with van der Waals surface area (Å²) in [6.45, 7) is 4.34. The molecule has 0 bridgehead atoms. The van der Waals surface area contributed by atoms with Gasteiger partial charge < -0.3 is 9.47 Å². The van der Waals surface area contributed by atoms with Crippen molar-refractivity contribution in [3.8, 4) is 0 Å². The lowest BCUT2D eigenvalue weighted by Crippen LogP contribution is -2.24. The van der Waals surface area contributed by atoms with E-state index in [1.165, 1.54) is 35.9 Å². The van der Waals surface area contributed by atoms with E-state index in [-0.39, 0.29) is 11.2 Å². The molecule has 1 aromatic carbocycles. The number of anilines is 1. The molecule has 2 aromatic rings. The average Bonchev–Trinajstić information content (AvgIpc) is 3.31. The van der Waals surface area contributed by atoms with Gasteiger partial charge in [0.15, 0.2) is 10.9 Å². The maximum absolute atomic E-state index is 12.6. The molecule has 1 aromatic heterocycles. The fourth-order valence-electron chi connectivity index (χ4n) is 3.53. The number of hydrogen-bond donors (Lipinski definition) is 0. The van der Waals surface area contributed by atoms with Crippen LogP contribution in [0.15, 0.2) is 47.5 Å². The predicted octanol–water partition coefficient (Wildman–Crippen LogP) is 3.59. The Bertz CT molecular complexity index is 851. The molecule has 0 amide bonds. The summed E-state index contributed by atoms with van der Waals surface area (Å²) in [7, 11) is 2.03. The van der Waals surface area contributed by atoms with E-state index in [1.54, 1.807) is 12.4 Å². The van der Waals surface area contributed by atoms with Gasteiger partial charge in [0.05, 0.1) is 5.75 Å². The van der Waals surface area contributed by atoms with E-state index in [0.717, 1.165) is 10.9 Å². The average molecular weight is 354 g/mol. The number of para-hydroxylation sites is 1. The molecule has 4 rings (SSSR count). The quantitative estimate of drug-likeness (QED) is 0.607. The van der Waals surface area contributed by atoms with Gasteiger partial charge in [-0.1, -0.05) is 43.8 Å². The van der Waals surface area contributed by atoms with Crippen LogP contribution in [0.1, 0.15) is 38.3 Å². The van der Waals surface area contributed by atoms with Crippen LogP contribution in [0, 0.1) is 0 Å². The number of thioether (sulfide) groups is 1. The largest absolute Gasteiger partial charge is 0.347 e. The Hall–Kier alpha value is -2.08. The second-order valence-electron chi connectivity index (χ2n) is 7.24. The van der Waals surface area contributed by atoms with Crippen LogP contribution < -0.4 is 4.90 Å². The van der Waals surface area contributed by atoms with Crippen molar-refractivity contribution in [3.63, 3.8) is 0 Å². The molecule has 1 aliphatic carbocycles. The van der Waals surface area contributed by atoms with Crippen LogP contribution in [0.3, 0.4) is 0 Å². The standard InChI is InChI=1S/C19H22N4OS/c1-19(2)15-6-4-5-7-16(15)22(3)17(19)10-14(24)11-25-18-21-20-12-23(18)13-8-9-13/h4-7,10,12-13H,8-9,11H2,1-3H3/b17-10-. The third kappa shape index (κ3) is 2.88. The van der Waals surface area contributed by atoms with Crippen molar-refractivity contribution in [1.29, 1.82) is 0 Å². The lowest BCUT2D eigenvalue weighted by Gasteiger charge is -2.23. The first-order chi connectivity index (χ1) is 12.0. The first-order valence-corrected chi connectivity index (χ1v) is 9.57. The van der Waals surface area contributed by atoms with E-state index in [0.29, 0.717) is 11.8 Å². The van der Waals surface area contributed by atoms with Gasteiger partial charge in [-0.25, -0.2) is 0 Å². The first kappa shape index (κ1) is 16.4. The molecule has 0 spiro atoms. The molecule has 0 unspecified atom stereocenters. The van der Waals surface area contributed by atoms with E-state index in [2.05, 4.69) is 51.7 Å². The maximum Gasteiger partial charge on any atom is 0.191 e. The van der Waals surface area contributed by atoms with Gasteiger partial charge in [0.25, 0.3) is 0 Å². The summed E-state index contributed by atoms with van der Waals surface area (Å²) in [6.07, 6.45) is 5.93. The summed E-state index contributed by atoms with van der Waals surface area (Å²) in [6, 6.07) is 8.87. The second kappa shape index (κ2) is 6.02. The van der Waals surface area contributed by atoms with E-state index in [4.69, 9.17) is 0 Å². The van der Waals surface area contributed by atoms with Crippen LogP contribution in [0.5, 0.6) is 0 Å².